The molecule has 0 aliphatic heterocycles. The molecular formula is C18H23FN3O-. The first-order valence-electron chi connectivity index (χ1n) is 7.78. The minimum Gasteiger partial charge on any atom is -0.858 e. The van der Waals surface area contributed by atoms with Crippen LogP contribution in [0.15, 0.2) is 28.4 Å². The number of hydrogen-bond donors (Lipinski definition) is 2. The molecule has 0 radical (unpaired) electrons. The fraction of sp³-hybridized carbons (Fsp3) is 0.444. The molecule has 4 nitrogen and oxygen atoms in total. The number of nitrogens with zero attached hydrogens (tertiary/aromatic N) is 1. The molecule has 0 spiro atoms. The maximum Gasteiger partial charge on any atom is 0.127 e. The lowest BCUT2D eigenvalue weighted by atomic mass is 9.85. The van der Waals surface area contributed by atoms with Crippen molar-refractivity contribution in [3.8, 4) is 0 Å². The molecule has 1 aliphatic rings. The summed E-state index contributed by atoms with van der Waals surface area (Å²) in [7, 11) is 0. The molecule has 5 heteroatoms. The number of rotatable bonds is 4. The number of benzene rings is 1. The first-order valence-corrected chi connectivity index (χ1v) is 7.78. The van der Waals surface area contributed by atoms with E-state index in [9.17, 15) is 9.50 Å². The van der Waals surface area contributed by atoms with Gasteiger partial charge in [0, 0.05) is 17.5 Å². The Labute approximate surface area is 136 Å². The smallest absolute Gasteiger partial charge is 0.127 e. The molecule has 1 unspecified atom stereocenters. The highest BCUT2D eigenvalue weighted by atomic mass is 19.1. The van der Waals surface area contributed by atoms with Crippen LogP contribution in [0.3, 0.4) is 0 Å². The maximum absolute atomic E-state index is 14.4. The molecule has 124 valence electrons. The quantitative estimate of drug-likeness (QED) is 0.660. The predicted octanol–water partition coefficient (Wildman–Crippen LogP) is 3.27. The van der Waals surface area contributed by atoms with Crippen molar-refractivity contribution < 1.29 is 9.50 Å². The van der Waals surface area contributed by atoms with Crippen LogP contribution in [0.25, 0.3) is 0 Å². The summed E-state index contributed by atoms with van der Waals surface area (Å²) < 4.78 is 14.4. The summed E-state index contributed by atoms with van der Waals surface area (Å²) in [6.45, 7) is 7.65. The van der Waals surface area contributed by atoms with Gasteiger partial charge in [0.1, 0.15) is 5.82 Å². The molecule has 0 bridgehead atoms. The van der Waals surface area contributed by atoms with Crippen molar-refractivity contribution >= 4 is 17.8 Å². The van der Waals surface area contributed by atoms with Crippen molar-refractivity contribution in [2.75, 3.05) is 0 Å². The van der Waals surface area contributed by atoms with Crippen LogP contribution in [0.5, 0.6) is 0 Å². The summed E-state index contributed by atoms with van der Waals surface area (Å²) in [5.74, 6) is -0.632. The fourth-order valence-electron chi connectivity index (χ4n) is 3.46. The molecule has 0 saturated heterocycles. The Morgan fingerprint density at radius 1 is 1.52 bits per heavy atom. The van der Waals surface area contributed by atoms with Crippen molar-refractivity contribution in [3.05, 3.63) is 40.3 Å². The zero-order valence-corrected chi connectivity index (χ0v) is 14.0. The molecule has 1 atom stereocenters. The second-order valence-corrected chi connectivity index (χ2v) is 6.71. The Morgan fingerprint density at radius 2 is 2.17 bits per heavy atom. The zero-order chi connectivity index (χ0) is 17.4. The van der Waals surface area contributed by atoms with Gasteiger partial charge in [-0.25, -0.2) is 4.39 Å². The van der Waals surface area contributed by atoms with Gasteiger partial charge in [0.05, 0.1) is 5.69 Å². The minimum absolute atomic E-state index is 0.0633. The maximum atomic E-state index is 14.4. The van der Waals surface area contributed by atoms with Gasteiger partial charge in [-0.2, -0.15) is 0 Å². The SMILES string of the molecule is CCC1CC(C)(C)c2c(F)ccc(N=C([O-])C(C=N)=C(C)N)c21. The van der Waals surface area contributed by atoms with Crippen LogP contribution in [-0.2, 0) is 5.41 Å². The van der Waals surface area contributed by atoms with Crippen molar-refractivity contribution in [1.82, 2.24) is 0 Å². The number of fused-ring (bicyclic) bond motifs is 1. The third-order valence-corrected chi connectivity index (χ3v) is 4.53. The number of hydrogen-bond acceptors (Lipinski definition) is 4. The van der Waals surface area contributed by atoms with E-state index in [1.165, 1.54) is 6.07 Å². The summed E-state index contributed by atoms with van der Waals surface area (Å²) in [6.07, 6.45) is 2.60. The summed E-state index contributed by atoms with van der Waals surface area (Å²) in [4.78, 5) is 4.13. The highest BCUT2D eigenvalue weighted by Gasteiger charge is 2.39. The monoisotopic (exact) mass is 316 g/mol. The molecule has 1 aromatic carbocycles. The molecule has 0 aromatic heterocycles. The van der Waals surface area contributed by atoms with Gasteiger partial charge in [-0.3, -0.25) is 4.99 Å². The van der Waals surface area contributed by atoms with E-state index in [1.807, 2.05) is 13.8 Å². The molecule has 3 N–H and O–H groups in total. The van der Waals surface area contributed by atoms with Crippen LogP contribution in [0, 0.1) is 11.2 Å². The molecule has 2 rings (SSSR count). The second-order valence-electron chi connectivity index (χ2n) is 6.71. The Kier molecular flexibility index (Phi) is 4.59. The van der Waals surface area contributed by atoms with Gasteiger partial charge in [-0.15, -0.1) is 0 Å². The van der Waals surface area contributed by atoms with Crippen LogP contribution in [0.1, 0.15) is 57.6 Å². The van der Waals surface area contributed by atoms with E-state index in [4.69, 9.17) is 11.1 Å². The van der Waals surface area contributed by atoms with E-state index in [0.717, 1.165) is 24.6 Å². The third kappa shape index (κ3) is 3.00. The van der Waals surface area contributed by atoms with E-state index < -0.39 is 5.90 Å². The lowest BCUT2D eigenvalue weighted by Crippen LogP contribution is -2.23. The van der Waals surface area contributed by atoms with Crippen molar-refractivity contribution in [3.63, 3.8) is 0 Å². The molecular weight excluding hydrogens is 293 g/mol. The minimum atomic E-state index is -0.562. The lowest BCUT2D eigenvalue weighted by molar-refractivity contribution is -0.212. The molecule has 0 fully saturated rings. The number of aliphatic imine (C=N–C) groups is 1. The summed E-state index contributed by atoms with van der Waals surface area (Å²) in [5, 5.41) is 19.6. The number of allylic oxidation sites excluding steroid dienone is 1. The summed E-state index contributed by atoms with van der Waals surface area (Å²) in [6, 6.07) is 2.91. The Balaban J connectivity index is 2.66. The van der Waals surface area contributed by atoms with E-state index in [0.29, 0.717) is 11.3 Å². The van der Waals surface area contributed by atoms with Crippen molar-refractivity contribution in [2.24, 2.45) is 10.7 Å². The van der Waals surface area contributed by atoms with Gasteiger partial charge < -0.3 is 16.2 Å². The highest BCUT2D eigenvalue weighted by Crippen LogP contribution is 2.51. The first-order chi connectivity index (χ1) is 10.7. The van der Waals surface area contributed by atoms with Gasteiger partial charge in [-0.05, 0) is 60.3 Å². The Hall–Kier alpha value is -2.17. The Morgan fingerprint density at radius 3 is 2.70 bits per heavy atom. The lowest BCUT2D eigenvalue weighted by Gasteiger charge is -2.20. The highest BCUT2D eigenvalue weighted by molar-refractivity contribution is 6.10. The number of halogens is 1. The average Bonchev–Trinajstić information content (AvgIpc) is 2.74. The van der Waals surface area contributed by atoms with Crippen LogP contribution in [0.4, 0.5) is 10.1 Å². The fourth-order valence-corrected chi connectivity index (χ4v) is 3.46. The van der Waals surface area contributed by atoms with Gasteiger partial charge in [-0.1, -0.05) is 20.8 Å². The molecule has 0 heterocycles. The van der Waals surface area contributed by atoms with E-state index in [1.54, 1.807) is 13.0 Å². The third-order valence-electron chi connectivity index (χ3n) is 4.53. The van der Waals surface area contributed by atoms with Crippen LogP contribution in [-0.4, -0.2) is 12.1 Å². The number of nitrogens with one attached hydrogen (secondary N) is 1. The molecule has 1 aliphatic carbocycles. The predicted molar refractivity (Wildman–Crippen MR) is 89.8 cm³/mol. The van der Waals surface area contributed by atoms with Gasteiger partial charge in [0.15, 0.2) is 0 Å². The number of nitrogens with two attached hydrogens (primary N) is 1. The van der Waals surface area contributed by atoms with Crippen molar-refractivity contribution in [1.29, 1.82) is 5.41 Å². The first kappa shape index (κ1) is 17.2. The molecule has 1 aromatic rings. The van der Waals surface area contributed by atoms with Crippen LogP contribution < -0.4 is 10.8 Å². The van der Waals surface area contributed by atoms with Gasteiger partial charge in [0.25, 0.3) is 0 Å². The van der Waals surface area contributed by atoms with Gasteiger partial charge >= 0.3 is 0 Å². The molecule has 23 heavy (non-hydrogen) atoms. The summed E-state index contributed by atoms with van der Waals surface area (Å²) in [5.41, 5.74) is 7.63. The second kappa shape index (κ2) is 6.14. The summed E-state index contributed by atoms with van der Waals surface area (Å²) >= 11 is 0. The van der Waals surface area contributed by atoms with E-state index in [2.05, 4.69) is 11.9 Å². The van der Waals surface area contributed by atoms with E-state index in [-0.39, 0.29) is 28.4 Å². The Bertz CT molecular complexity index is 700. The normalized spacial score (nSPS) is 20.9. The van der Waals surface area contributed by atoms with Gasteiger partial charge in [0.2, 0.25) is 0 Å². The zero-order valence-electron chi connectivity index (χ0n) is 14.0. The molecule has 0 amide bonds. The topological polar surface area (TPSA) is 85.3 Å². The average molecular weight is 316 g/mol. The van der Waals surface area contributed by atoms with E-state index >= 15 is 0 Å². The largest absolute Gasteiger partial charge is 0.858 e. The van der Waals surface area contributed by atoms with Crippen LogP contribution in [0.2, 0.25) is 0 Å². The van der Waals surface area contributed by atoms with Crippen molar-refractivity contribution in [2.45, 2.75) is 51.9 Å². The van der Waals surface area contributed by atoms with Crippen LogP contribution >= 0.6 is 0 Å². The molecule has 0 saturated carbocycles. The standard InChI is InChI=1S/C18H24FN3O/c1-5-11-8-18(3,4)16-13(19)6-7-14(15(11)16)22-17(23)12(9-20)10(2)21/h6-7,9,11,20H,5,8,21H2,1-4H3,(H,22,23)/p-1.